The van der Waals surface area contributed by atoms with Crippen LogP contribution in [0.25, 0.3) is 11.0 Å². The Morgan fingerprint density at radius 3 is 2.75 bits per heavy atom. The third-order valence-corrected chi connectivity index (χ3v) is 4.87. The summed E-state index contributed by atoms with van der Waals surface area (Å²) in [5.41, 5.74) is 0.0546. The van der Waals surface area contributed by atoms with Gasteiger partial charge in [-0.05, 0) is 18.0 Å². The summed E-state index contributed by atoms with van der Waals surface area (Å²) in [6.45, 7) is 7.42. The molecule has 2 aromatic heterocycles. The number of hydrogen-bond donors (Lipinski definition) is 0. The van der Waals surface area contributed by atoms with Gasteiger partial charge in [-0.3, -0.25) is 4.79 Å². The number of rotatable bonds is 3. The zero-order valence-electron chi connectivity index (χ0n) is 13.8. The van der Waals surface area contributed by atoms with Gasteiger partial charge >= 0.3 is 5.97 Å². The van der Waals surface area contributed by atoms with Crippen LogP contribution in [0.3, 0.4) is 0 Å². The molecule has 0 amide bonds. The Morgan fingerprint density at radius 2 is 2.12 bits per heavy atom. The van der Waals surface area contributed by atoms with E-state index in [1.165, 1.54) is 6.92 Å². The van der Waals surface area contributed by atoms with Crippen molar-refractivity contribution in [1.82, 2.24) is 19.7 Å². The zero-order valence-corrected chi connectivity index (χ0v) is 15.3. The van der Waals surface area contributed by atoms with E-state index in [0.29, 0.717) is 11.0 Å². The highest BCUT2D eigenvalue weighted by atomic mass is 35.5. The number of halogens is 2. The SMILES string of the molecule is CC[C@H]1O[C@@H](n2ncc3c(Cl)nc(Cl)nc32)[C@H](OC(C)=O)C1(C)C. The quantitative estimate of drug-likeness (QED) is 0.466. The summed E-state index contributed by atoms with van der Waals surface area (Å²) in [6.07, 6.45) is 1.09. The van der Waals surface area contributed by atoms with E-state index in [9.17, 15) is 4.79 Å². The number of esters is 1. The van der Waals surface area contributed by atoms with Gasteiger partial charge in [0.05, 0.1) is 17.7 Å². The summed E-state index contributed by atoms with van der Waals surface area (Å²) in [6, 6.07) is 0. The maximum atomic E-state index is 11.6. The standard InChI is InChI=1S/C15H18Cl2N4O3/c1-5-9-15(3,4)10(23-7(2)22)13(24-9)21-12-8(6-18-21)11(16)19-14(17)20-12/h6,9-10,13H,5H2,1-4H3/t9-,10+,13-/m1/s1. The lowest BCUT2D eigenvalue weighted by atomic mass is 9.81. The summed E-state index contributed by atoms with van der Waals surface area (Å²) >= 11 is 12.0. The van der Waals surface area contributed by atoms with Gasteiger partial charge in [0.2, 0.25) is 5.28 Å². The molecule has 130 valence electrons. The van der Waals surface area contributed by atoms with Crippen molar-refractivity contribution in [1.29, 1.82) is 0 Å². The van der Waals surface area contributed by atoms with Crippen molar-refractivity contribution >= 4 is 40.2 Å². The van der Waals surface area contributed by atoms with E-state index in [1.807, 2.05) is 20.8 Å². The van der Waals surface area contributed by atoms with Crippen LogP contribution in [0.4, 0.5) is 0 Å². The first-order chi connectivity index (χ1) is 11.3. The summed E-state index contributed by atoms with van der Waals surface area (Å²) in [5.74, 6) is -0.374. The molecule has 24 heavy (non-hydrogen) atoms. The lowest BCUT2D eigenvalue weighted by Gasteiger charge is -2.30. The number of nitrogens with zero attached hydrogens (tertiary/aromatic N) is 4. The number of ether oxygens (including phenoxy) is 2. The number of fused-ring (bicyclic) bond motifs is 1. The minimum atomic E-state index is -0.617. The molecule has 0 aromatic carbocycles. The Labute approximate surface area is 149 Å². The molecule has 1 fully saturated rings. The second-order valence-corrected chi connectivity index (χ2v) is 7.08. The Balaban J connectivity index is 2.11. The third kappa shape index (κ3) is 2.74. The van der Waals surface area contributed by atoms with Gasteiger partial charge in [0.1, 0.15) is 5.15 Å². The van der Waals surface area contributed by atoms with E-state index in [4.69, 9.17) is 32.7 Å². The average molecular weight is 373 g/mol. The molecule has 9 heteroatoms. The van der Waals surface area contributed by atoms with Crippen molar-refractivity contribution in [2.45, 2.75) is 52.6 Å². The fraction of sp³-hybridized carbons (Fsp3) is 0.600. The van der Waals surface area contributed by atoms with Crippen LogP contribution in [0.15, 0.2) is 6.20 Å². The van der Waals surface area contributed by atoms with E-state index < -0.39 is 12.3 Å². The van der Waals surface area contributed by atoms with Crippen LogP contribution >= 0.6 is 23.2 Å². The van der Waals surface area contributed by atoms with Crippen molar-refractivity contribution in [3.8, 4) is 0 Å². The fourth-order valence-corrected chi connectivity index (χ4v) is 3.64. The molecule has 0 radical (unpaired) electrons. The molecule has 0 saturated carbocycles. The summed E-state index contributed by atoms with van der Waals surface area (Å²) < 4.78 is 13.3. The highest BCUT2D eigenvalue weighted by Gasteiger charge is 2.53. The molecular formula is C15H18Cl2N4O3. The summed E-state index contributed by atoms with van der Waals surface area (Å²) in [5, 5.41) is 5.11. The molecule has 1 aliphatic rings. The van der Waals surface area contributed by atoms with Crippen LogP contribution < -0.4 is 0 Å². The van der Waals surface area contributed by atoms with E-state index in [-0.39, 0.29) is 27.9 Å². The second kappa shape index (κ2) is 6.13. The van der Waals surface area contributed by atoms with Gasteiger partial charge in [0.15, 0.2) is 18.0 Å². The van der Waals surface area contributed by atoms with Crippen LogP contribution in [0.5, 0.6) is 0 Å². The van der Waals surface area contributed by atoms with Gasteiger partial charge in [-0.1, -0.05) is 32.4 Å². The maximum Gasteiger partial charge on any atom is 0.303 e. The fourth-order valence-electron chi connectivity index (χ4n) is 3.22. The monoisotopic (exact) mass is 372 g/mol. The summed E-state index contributed by atoms with van der Waals surface area (Å²) in [4.78, 5) is 19.7. The van der Waals surface area contributed by atoms with Crippen LogP contribution in [0, 0.1) is 5.41 Å². The average Bonchev–Trinajstić information content (AvgIpc) is 2.99. The Hall–Kier alpha value is -1.44. The molecule has 3 rings (SSSR count). The minimum absolute atomic E-state index is 0.0163. The first-order valence-corrected chi connectivity index (χ1v) is 8.40. The lowest BCUT2D eigenvalue weighted by Crippen LogP contribution is -2.38. The number of hydrogen-bond acceptors (Lipinski definition) is 6. The lowest BCUT2D eigenvalue weighted by molar-refractivity contribution is -0.156. The summed E-state index contributed by atoms with van der Waals surface area (Å²) in [7, 11) is 0. The molecule has 0 N–H and O–H groups in total. The van der Waals surface area contributed by atoms with Gasteiger partial charge in [-0.2, -0.15) is 10.1 Å². The van der Waals surface area contributed by atoms with Crippen LogP contribution in [0.1, 0.15) is 40.3 Å². The molecule has 2 aromatic rings. The number of carbonyl (C=O) groups is 1. The second-order valence-electron chi connectivity index (χ2n) is 6.38. The first kappa shape index (κ1) is 17.4. The molecule has 0 aliphatic carbocycles. The van der Waals surface area contributed by atoms with E-state index >= 15 is 0 Å². The molecule has 3 heterocycles. The Bertz CT molecular complexity index is 792. The van der Waals surface area contributed by atoms with Gasteiger partial charge < -0.3 is 9.47 Å². The molecule has 0 unspecified atom stereocenters. The Morgan fingerprint density at radius 1 is 1.42 bits per heavy atom. The highest BCUT2D eigenvalue weighted by molar-refractivity contribution is 6.35. The molecular weight excluding hydrogens is 355 g/mol. The van der Waals surface area contributed by atoms with Crippen LogP contribution in [-0.4, -0.2) is 37.9 Å². The van der Waals surface area contributed by atoms with E-state index in [2.05, 4.69) is 15.1 Å². The smallest absolute Gasteiger partial charge is 0.303 e. The molecule has 1 aliphatic heterocycles. The van der Waals surface area contributed by atoms with E-state index in [0.717, 1.165) is 6.42 Å². The Kier molecular flexibility index (Phi) is 4.44. The van der Waals surface area contributed by atoms with Crippen LogP contribution in [0.2, 0.25) is 10.4 Å². The first-order valence-electron chi connectivity index (χ1n) is 7.64. The van der Waals surface area contributed by atoms with Crippen LogP contribution in [-0.2, 0) is 14.3 Å². The molecule has 0 spiro atoms. The number of aromatic nitrogens is 4. The zero-order chi connectivity index (χ0) is 17.6. The van der Waals surface area contributed by atoms with Crippen molar-refractivity contribution in [2.24, 2.45) is 5.41 Å². The van der Waals surface area contributed by atoms with E-state index in [1.54, 1.807) is 10.9 Å². The van der Waals surface area contributed by atoms with Gasteiger partial charge in [-0.25, -0.2) is 9.67 Å². The van der Waals surface area contributed by atoms with Gasteiger partial charge in [0, 0.05) is 12.3 Å². The predicted molar refractivity (Wildman–Crippen MR) is 88.9 cm³/mol. The maximum absolute atomic E-state index is 11.6. The molecule has 1 saturated heterocycles. The normalized spacial score (nSPS) is 26.0. The van der Waals surface area contributed by atoms with Gasteiger partial charge in [0.25, 0.3) is 0 Å². The number of carbonyl (C=O) groups excluding carboxylic acids is 1. The van der Waals surface area contributed by atoms with Crippen molar-refractivity contribution in [3.63, 3.8) is 0 Å². The molecule has 0 bridgehead atoms. The molecule has 7 nitrogen and oxygen atoms in total. The van der Waals surface area contributed by atoms with Crippen molar-refractivity contribution in [2.75, 3.05) is 0 Å². The largest absolute Gasteiger partial charge is 0.457 e. The highest BCUT2D eigenvalue weighted by Crippen LogP contribution is 2.46. The van der Waals surface area contributed by atoms with Crippen molar-refractivity contribution < 1.29 is 14.3 Å². The topological polar surface area (TPSA) is 79.1 Å². The molecule has 3 atom stereocenters. The van der Waals surface area contributed by atoms with Crippen molar-refractivity contribution in [3.05, 3.63) is 16.6 Å². The predicted octanol–water partition coefficient (Wildman–Crippen LogP) is 3.40. The third-order valence-electron chi connectivity index (χ3n) is 4.41. The van der Waals surface area contributed by atoms with Gasteiger partial charge in [-0.15, -0.1) is 0 Å². The minimum Gasteiger partial charge on any atom is -0.457 e.